The number of rotatable bonds is 5. The van der Waals surface area contributed by atoms with Crippen LogP contribution in [0.2, 0.25) is 0 Å². The van der Waals surface area contributed by atoms with Gasteiger partial charge in [-0.2, -0.15) is 0 Å². The van der Waals surface area contributed by atoms with E-state index in [-0.39, 0.29) is 12.2 Å². The van der Waals surface area contributed by atoms with Crippen LogP contribution in [0.15, 0.2) is 0 Å². The van der Waals surface area contributed by atoms with Gasteiger partial charge in [0.25, 0.3) is 6.43 Å². The summed E-state index contributed by atoms with van der Waals surface area (Å²) < 4.78 is 26.2. The number of carbonyl (C=O) groups is 1. The van der Waals surface area contributed by atoms with Crippen LogP contribution in [0, 0.1) is 0 Å². The molecule has 0 aliphatic rings. The summed E-state index contributed by atoms with van der Waals surface area (Å²) >= 11 is 0. The molecule has 84 valence electrons. The molecule has 0 saturated heterocycles. The second-order valence-electron chi connectivity index (χ2n) is 3.30. The van der Waals surface area contributed by atoms with Gasteiger partial charge in [0.1, 0.15) is 5.69 Å². The summed E-state index contributed by atoms with van der Waals surface area (Å²) in [5.74, 6) is 0. The topological polar surface area (TPSA) is 51.0 Å². The third-order valence-electron chi connectivity index (χ3n) is 1.88. The quantitative estimate of drug-likeness (QED) is 0.679. The van der Waals surface area contributed by atoms with Crippen molar-refractivity contribution in [1.82, 2.24) is 19.9 Å². The minimum Gasteiger partial charge on any atom is -0.308 e. The number of aromatic nitrogens is 3. The largest absolute Gasteiger partial charge is 0.308 e. The van der Waals surface area contributed by atoms with E-state index in [1.54, 1.807) is 0 Å². The van der Waals surface area contributed by atoms with Crippen molar-refractivity contribution in [2.24, 2.45) is 0 Å². The van der Waals surface area contributed by atoms with Gasteiger partial charge in [0.05, 0.1) is 6.54 Å². The fraction of sp³-hybridized carbons (Fsp3) is 0.625. The Balaban J connectivity index is 2.87. The molecule has 1 aromatic heterocycles. The zero-order valence-corrected chi connectivity index (χ0v) is 8.52. The Morgan fingerprint density at radius 1 is 1.53 bits per heavy atom. The third kappa shape index (κ3) is 2.79. The smallest absolute Gasteiger partial charge is 0.282 e. The standard InChI is InChI=1S/C8H12F2N4O/c1-13(2)3-4-14-7(8(9)10)6(5-15)11-12-14/h5,8H,3-4H2,1-2H3. The summed E-state index contributed by atoms with van der Waals surface area (Å²) in [6.07, 6.45) is -2.44. The maximum absolute atomic E-state index is 12.6. The van der Waals surface area contributed by atoms with Gasteiger partial charge in [0, 0.05) is 6.54 Å². The SMILES string of the molecule is CN(C)CCn1nnc(C=O)c1C(F)F. The molecule has 15 heavy (non-hydrogen) atoms. The van der Waals surface area contributed by atoms with Crippen LogP contribution in [0.5, 0.6) is 0 Å². The summed E-state index contributed by atoms with van der Waals surface area (Å²) in [5.41, 5.74) is -0.699. The van der Waals surface area contributed by atoms with Crippen LogP contribution in [0.1, 0.15) is 22.6 Å². The molecule has 1 aromatic rings. The fourth-order valence-electron chi connectivity index (χ4n) is 1.10. The highest BCUT2D eigenvalue weighted by atomic mass is 19.3. The molecule has 0 aliphatic heterocycles. The average Bonchev–Trinajstić information content (AvgIpc) is 2.57. The first-order chi connectivity index (χ1) is 7.06. The zero-order valence-electron chi connectivity index (χ0n) is 8.52. The minimum atomic E-state index is -2.73. The molecule has 1 rings (SSSR count). The number of carbonyl (C=O) groups excluding carboxylic acids is 1. The molecule has 0 unspecified atom stereocenters. The van der Waals surface area contributed by atoms with Gasteiger partial charge in [-0.15, -0.1) is 5.10 Å². The minimum absolute atomic E-state index is 0.285. The number of hydrogen-bond acceptors (Lipinski definition) is 4. The highest BCUT2D eigenvalue weighted by Crippen LogP contribution is 2.19. The van der Waals surface area contributed by atoms with Gasteiger partial charge in [-0.25, -0.2) is 13.5 Å². The van der Waals surface area contributed by atoms with E-state index < -0.39 is 12.1 Å². The maximum atomic E-state index is 12.6. The Labute approximate surface area is 85.7 Å². The van der Waals surface area contributed by atoms with E-state index in [9.17, 15) is 13.6 Å². The van der Waals surface area contributed by atoms with E-state index in [0.717, 1.165) is 4.68 Å². The molecule has 5 nitrogen and oxygen atoms in total. The van der Waals surface area contributed by atoms with Gasteiger partial charge in [0.15, 0.2) is 12.0 Å². The molecule has 0 bridgehead atoms. The summed E-state index contributed by atoms with van der Waals surface area (Å²) in [4.78, 5) is 12.3. The van der Waals surface area contributed by atoms with Crippen LogP contribution in [0.25, 0.3) is 0 Å². The highest BCUT2D eigenvalue weighted by Gasteiger charge is 2.21. The second-order valence-corrected chi connectivity index (χ2v) is 3.30. The first-order valence-corrected chi connectivity index (χ1v) is 4.37. The van der Waals surface area contributed by atoms with Crippen molar-refractivity contribution >= 4 is 6.29 Å². The Bertz CT molecular complexity index is 337. The van der Waals surface area contributed by atoms with E-state index in [1.165, 1.54) is 0 Å². The highest BCUT2D eigenvalue weighted by molar-refractivity contribution is 5.73. The van der Waals surface area contributed by atoms with Crippen LogP contribution < -0.4 is 0 Å². The molecule has 0 aliphatic carbocycles. The molecule has 7 heteroatoms. The lowest BCUT2D eigenvalue weighted by molar-refractivity contribution is 0.109. The molecule has 0 saturated carbocycles. The van der Waals surface area contributed by atoms with Gasteiger partial charge < -0.3 is 4.90 Å². The van der Waals surface area contributed by atoms with Crippen molar-refractivity contribution in [2.45, 2.75) is 13.0 Å². The van der Waals surface area contributed by atoms with Crippen molar-refractivity contribution in [3.05, 3.63) is 11.4 Å². The molecule has 0 fully saturated rings. The fourth-order valence-corrected chi connectivity index (χ4v) is 1.10. The maximum Gasteiger partial charge on any atom is 0.282 e. The van der Waals surface area contributed by atoms with Gasteiger partial charge in [0.2, 0.25) is 0 Å². The van der Waals surface area contributed by atoms with Crippen molar-refractivity contribution in [3.63, 3.8) is 0 Å². The predicted molar refractivity (Wildman–Crippen MR) is 48.9 cm³/mol. The van der Waals surface area contributed by atoms with Crippen LogP contribution in [-0.2, 0) is 6.54 Å². The van der Waals surface area contributed by atoms with Crippen LogP contribution in [-0.4, -0.2) is 46.8 Å². The van der Waals surface area contributed by atoms with Crippen molar-refractivity contribution in [1.29, 1.82) is 0 Å². The zero-order chi connectivity index (χ0) is 11.4. The molecule has 0 radical (unpaired) electrons. The lowest BCUT2D eigenvalue weighted by Crippen LogP contribution is -2.20. The van der Waals surface area contributed by atoms with Gasteiger partial charge in [-0.1, -0.05) is 5.21 Å². The lowest BCUT2D eigenvalue weighted by Gasteiger charge is -2.10. The van der Waals surface area contributed by atoms with Gasteiger partial charge >= 0.3 is 0 Å². The van der Waals surface area contributed by atoms with Crippen molar-refractivity contribution in [2.75, 3.05) is 20.6 Å². The van der Waals surface area contributed by atoms with Crippen LogP contribution >= 0.6 is 0 Å². The van der Waals surface area contributed by atoms with Crippen LogP contribution in [0.4, 0.5) is 8.78 Å². The Hall–Kier alpha value is -1.37. The average molecular weight is 218 g/mol. The molecule has 0 spiro atoms. The predicted octanol–water partition coefficient (Wildman–Crippen LogP) is 0.590. The summed E-state index contributed by atoms with van der Waals surface area (Å²) in [6, 6.07) is 0. The first kappa shape index (κ1) is 11.7. The lowest BCUT2D eigenvalue weighted by atomic mass is 10.3. The van der Waals surface area contributed by atoms with E-state index in [1.807, 2.05) is 19.0 Å². The molecule has 0 atom stereocenters. The van der Waals surface area contributed by atoms with Crippen LogP contribution in [0.3, 0.4) is 0 Å². The summed E-state index contributed by atoms with van der Waals surface area (Å²) in [6.45, 7) is 0.842. The Kier molecular flexibility index (Phi) is 3.84. The number of nitrogens with zero attached hydrogens (tertiary/aromatic N) is 4. The Morgan fingerprint density at radius 3 is 2.67 bits per heavy atom. The van der Waals surface area contributed by atoms with E-state index in [2.05, 4.69) is 10.3 Å². The number of alkyl halides is 2. The number of halogens is 2. The first-order valence-electron chi connectivity index (χ1n) is 4.37. The van der Waals surface area contributed by atoms with Gasteiger partial charge in [-0.05, 0) is 14.1 Å². The molecule has 0 aromatic carbocycles. The second kappa shape index (κ2) is 4.92. The van der Waals surface area contributed by atoms with E-state index >= 15 is 0 Å². The van der Waals surface area contributed by atoms with Crippen molar-refractivity contribution in [3.8, 4) is 0 Å². The molecular formula is C8H12F2N4O. The molecule has 0 amide bonds. The third-order valence-corrected chi connectivity index (χ3v) is 1.88. The van der Waals surface area contributed by atoms with E-state index in [4.69, 9.17) is 0 Å². The van der Waals surface area contributed by atoms with E-state index in [0.29, 0.717) is 12.8 Å². The summed E-state index contributed by atoms with van der Waals surface area (Å²) in [5, 5.41) is 6.89. The molecule has 1 heterocycles. The van der Waals surface area contributed by atoms with Gasteiger partial charge in [-0.3, -0.25) is 4.79 Å². The monoisotopic (exact) mass is 218 g/mol. The Morgan fingerprint density at radius 2 is 2.20 bits per heavy atom. The normalized spacial score (nSPS) is 11.3. The summed E-state index contributed by atoms with van der Waals surface area (Å²) in [7, 11) is 3.64. The number of likely N-dealkylation sites (N-methyl/N-ethyl adjacent to an activating group) is 1. The molecular weight excluding hydrogens is 206 g/mol. The number of aldehydes is 1. The molecule has 0 N–H and O–H groups in total. The van der Waals surface area contributed by atoms with Crippen molar-refractivity contribution < 1.29 is 13.6 Å². The number of hydrogen-bond donors (Lipinski definition) is 0.